The number of carbonyl (C=O) groups is 1. The smallest absolute Gasteiger partial charge is 0.266 e. The maximum atomic E-state index is 12.2. The molecule has 110 valence electrons. The van der Waals surface area contributed by atoms with E-state index >= 15 is 0 Å². The van der Waals surface area contributed by atoms with Gasteiger partial charge in [0.05, 0.1) is 7.11 Å². The number of nitrogens with one attached hydrogen (secondary N) is 1. The number of anilines is 1. The van der Waals surface area contributed by atoms with Crippen LogP contribution in [-0.4, -0.2) is 13.0 Å². The SMILES string of the molecule is COc1ccccc1/C=C(\C#N)C(=O)Nc1cccc(I)c1. The summed E-state index contributed by atoms with van der Waals surface area (Å²) in [7, 11) is 1.55. The summed E-state index contributed by atoms with van der Waals surface area (Å²) in [6.07, 6.45) is 1.52. The van der Waals surface area contributed by atoms with Crippen molar-refractivity contribution in [2.45, 2.75) is 0 Å². The molecule has 0 aromatic heterocycles. The standard InChI is InChI=1S/C17H13IN2O2/c1-22-16-8-3-2-5-12(16)9-13(11-19)17(21)20-15-7-4-6-14(18)10-15/h2-10H,1H3,(H,20,21)/b13-9+. The predicted octanol–water partition coefficient (Wildman–Crippen LogP) is 3.85. The van der Waals surface area contributed by atoms with Crippen LogP contribution < -0.4 is 10.1 Å². The number of hydrogen-bond donors (Lipinski definition) is 1. The monoisotopic (exact) mass is 404 g/mol. The molecule has 0 saturated carbocycles. The maximum absolute atomic E-state index is 12.2. The topological polar surface area (TPSA) is 62.1 Å². The summed E-state index contributed by atoms with van der Waals surface area (Å²) in [5.74, 6) is 0.160. The number of methoxy groups -OCH3 is 1. The highest BCUT2D eigenvalue weighted by Crippen LogP contribution is 2.21. The molecular weight excluding hydrogens is 391 g/mol. The Morgan fingerprint density at radius 2 is 2.05 bits per heavy atom. The molecule has 1 amide bonds. The lowest BCUT2D eigenvalue weighted by atomic mass is 10.1. The van der Waals surface area contributed by atoms with Crippen molar-refractivity contribution in [3.63, 3.8) is 0 Å². The summed E-state index contributed by atoms with van der Waals surface area (Å²) < 4.78 is 6.22. The summed E-state index contributed by atoms with van der Waals surface area (Å²) in [5.41, 5.74) is 1.35. The summed E-state index contributed by atoms with van der Waals surface area (Å²) in [6.45, 7) is 0. The van der Waals surface area contributed by atoms with Gasteiger partial charge in [-0.2, -0.15) is 5.26 Å². The van der Waals surface area contributed by atoms with Crippen LogP contribution in [0.25, 0.3) is 6.08 Å². The van der Waals surface area contributed by atoms with Crippen LogP contribution in [0.2, 0.25) is 0 Å². The van der Waals surface area contributed by atoms with Crippen molar-refractivity contribution in [2.24, 2.45) is 0 Å². The lowest BCUT2D eigenvalue weighted by Crippen LogP contribution is -2.13. The molecular formula is C17H13IN2O2. The van der Waals surface area contributed by atoms with Crippen molar-refractivity contribution in [1.82, 2.24) is 0 Å². The zero-order chi connectivity index (χ0) is 15.9. The van der Waals surface area contributed by atoms with Crippen molar-refractivity contribution >= 4 is 40.3 Å². The minimum absolute atomic E-state index is 0.0170. The van der Waals surface area contributed by atoms with Crippen LogP contribution in [0.3, 0.4) is 0 Å². The molecule has 0 aliphatic rings. The molecule has 0 radical (unpaired) electrons. The van der Waals surface area contributed by atoms with Crippen LogP contribution in [0.15, 0.2) is 54.1 Å². The third kappa shape index (κ3) is 4.09. The highest BCUT2D eigenvalue weighted by molar-refractivity contribution is 14.1. The zero-order valence-electron chi connectivity index (χ0n) is 11.8. The predicted molar refractivity (Wildman–Crippen MR) is 94.4 cm³/mol. The molecule has 0 atom stereocenters. The number of para-hydroxylation sites is 1. The van der Waals surface area contributed by atoms with E-state index in [-0.39, 0.29) is 5.57 Å². The minimum atomic E-state index is -0.449. The third-order valence-corrected chi connectivity index (χ3v) is 3.56. The fraction of sp³-hybridized carbons (Fsp3) is 0.0588. The van der Waals surface area contributed by atoms with Gasteiger partial charge in [0.15, 0.2) is 0 Å². The second-order valence-electron chi connectivity index (χ2n) is 4.38. The van der Waals surface area contributed by atoms with Gasteiger partial charge in [0.1, 0.15) is 17.4 Å². The average Bonchev–Trinajstić information content (AvgIpc) is 2.52. The average molecular weight is 404 g/mol. The van der Waals surface area contributed by atoms with Crippen molar-refractivity contribution < 1.29 is 9.53 Å². The molecule has 4 nitrogen and oxygen atoms in total. The van der Waals surface area contributed by atoms with E-state index in [0.29, 0.717) is 17.0 Å². The quantitative estimate of drug-likeness (QED) is 0.479. The fourth-order valence-corrected chi connectivity index (χ4v) is 2.40. The number of carbonyl (C=O) groups excluding carboxylic acids is 1. The van der Waals surface area contributed by atoms with Crippen molar-refractivity contribution in [3.05, 3.63) is 63.2 Å². The second-order valence-corrected chi connectivity index (χ2v) is 5.62. The number of halogens is 1. The maximum Gasteiger partial charge on any atom is 0.266 e. The lowest BCUT2D eigenvalue weighted by Gasteiger charge is -2.06. The van der Waals surface area contributed by atoms with Gasteiger partial charge in [-0.1, -0.05) is 24.3 Å². The van der Waals surface area contributed by atoms with Crippen molar-refractivity contribution in [2.75, 3.05) is 12.4 Å². The molecule has 1 N–H and O–H groups in total. The van der Waals surface area contributed by atoms with Gasteiger partial charge in [0.2, 0.25) is 0 Å². The molecule has 22 heavy (non-hydrogen) atoms. The van der Waals surface area contributed by atoms with Gasteiger partial charge >= 0.3 is 0 Å². The van der Waals surface area contributed by atoms with Crippen LogP contribution in [0, 0.1) is 14.9 Å². The summed E-state index contributed by atoms with van der Waals surface area (Å²) in [6, 6.07) is 16.5. The molecule has 0 fully saturated rings. The highest BCUT2D eigenvalue weighted by atomic mass is 127. The van der Waals surface area contributed by atoms with E-state index < -0.39 is 5.91 Å². The fourth-order valence-electron chi connectivity index (χ4n) is 1.85. The minimum Gasteiger partial charge on any atom is -0.496 e. The van der Waals surface area contributed by atoms with E-state index in [0.717, 1.165) is 3.57 Å². The van der Waals surface area contributed by atoms with Crippen LogP contribution in [0.4, 0.5) is 5.69 Å². The highest BCUT2D eigenvalue weighted by Gasteiger charge is 2.11. The van der Waals surface area contributed by atoms with Crippen molar-refractivity contribution in [1.29, 1.82) is 5.26 Å². The van der Waals surface area contributed by atoms with E-state index in [2.05, 4.69) is 27.9 Å². The van der Waals surface area contributed by atoms with Gasteiger partial charge < -0.3 is 10.1 Å². The summed E-state index contributed by atoms with van der Waals surface area (Å²) >= 11 is 2.16. The number of benzene rings is 2. The Morgan fingerprint density at radius 1 is 1.27 bits per heavy atom. The third-order valence-electron chi connectivity index (χ3n) is 2.89. The number of ether oxygens (including phenoxy) is 1. The number of hydrogen-bond acceptors (Lipinski definition) is 3. The Morgan fingerprint density at radius 3 is 2.73 bits per heavy atom. The molecule has 0 bridgehead atoms. The Kier molecular flexibility index (Phi) is 5.55. The van der Waals surface area contributed by atoms with Crippen LogP contribution in [-0.2, 0) is 4.79 Å². The number of rotatable bonds is 4. The van der Waals surface area contributed by atoms with Gasteiger partial charge in [0, 0.05) is 14.8 Å². The first-order valence-corrected chi connectivity index (χ1v) is 7.53. The molecule has 0 spiro atoms. The Balaban J connectivity index is 2.26. The summed E-state index contributed by atoms with van der Waals surface area (Å²) in [4.78, 5) is 12.2. The second kappa shape index (κ2) is 7.61. The molecule has 0 unspecified atom stereocenters. The molecule has 0 aliphatic heterocycles. The Hall–Kier alpha value is -2.33. The van der Waals surface area contributed by atoms with Crippen LogP contribution in [0.1, 0.15) is 5.56 Å². The van der Waals surface area contributed by atoms with Crippen molar-refractivity contribution in [3.8, 4) is 11.8 Å². The first-order chi connectivity index (χ1) is 10.6. The first-order valence-electron chi connectivity index (χ1n) is 6.46. The first kappa shape index (κ1) is 16.0. The van der Waals surface area contributed by atoms with E-state index in [4.69, 9.17) is 4.74 Å². The van der Waals surface area contributed by atoms with E-state index in [9.17, 15) is 10.1 Å². The van der Waals surface area contributed by atoms with Gasteiger partial charge in [0.25, 0.3) is 5.91 Å². The Labute approximate surface area is 142 Å². The van der Waals surface area contributed by atoms with E-state index in [1.165, 1.54) is 6.08 Å². The largest absolute Gasteiger partial charge is 0.496 e. The molecule has 0 heterocycles. The molecule has 5 heteroatoms. The van der Waals surface area contributed by atoms with Crippen LogP contribution in [0.5, 0.6) is 5.75 Å². The number of amides is 1. The van der Waals surface area contributed by atoms with Crippen LogP contribution >= 0.6 is 22.6 Å². The van der Waals surface area contributed by atoms with E-state index in [1.54, 1.807) is 25.3 Å². The summed E-state index contributed by atoms with van der Waals surface area (Å²) in [5, 5.41) is 11.9. The van der Waals surface area contributed by atoms with Gasteiger partial charge in [-0.3, -0.25) is 4.79 Å². The van der Waals surface area contributed by atoms with Gasteiger partial charge in [-0.25, -0.2) is 0 Å². The molecule has 0 aliphatic carbocycles. The normalized spacial score (nSPS) is 10.7. The molecule has 2 rings (SSSR count). The number of nitrogens with zero attached hydrogens (tertiary/aromatic N) is 1. The molecule has 2 aromatic rings. The van der Waals surface area contributed by atoms with E-state index in [1.807, 2.05) is 36.4 Å². The van der Waals surface area contributed by atoms with Gasteiger partial charge in [-0.15, -0.1) is 0 Å². The molecule has 2 aromatic carbocycles. The molecule has 0 saturated heterocycles. The lowest BCUT2D eigenvalue weighted by molar-refractivity contribution is -0.112. The number of nitriles is 1. The van der Waals surface area contributed by atoms with Gasteiger partial charge in [-0.05, 0) is 52.9 Å². The Bertz CT molecular complexity index is 763. The zero-order valence-corrected chi connectivity index (χ0v) is 14.0.